The largest absolute Gasteiger partial charge is 0.467 e. The molecule has 0 N–H and O–H groups in total. The van der Waals surface area contributed by atoms with E-state index in [0.717, 1.165) is 54.9 Å². The number of carbonyl (C=O) groups is 1. The van der Waals surface area contributed by atoms with E-state index < -0.39 is 0 Å². The Kier molecular flexibility index (Phi) is 4.63. The van der Waals surface area contributed by atoms with Gasteiger partial charge in [-0.3, -0.25) is 4.79 Å². The average Bonchev–Trinajstić information content (AvgIpc) is 2.98. The maximum absolute atomic E-state index is 12.4. The van der Waals surface area contributed by atoms with Gasteiger partial charge in [0.25, 0.3) is 5.91 Å². The Bertz CT molecular complexity index is 780. The second-order valence-electron chi connectivity index (χ2n) is 7.56. The molecule has 1 amide bonds. The third-order valence-corrected chi connectivity index (χ3v) is 6.69. The number of hydrogen-bond acceptors (Lipinski definition) is 5. The van der Waals surface area contributed by atoms with Crippen LogP contribution in [0.15, 0.2) is 6.33 Å². The van der Waals surface area contributed by atoms with Crippen molar-refractivity contribution in [3.05, 3.63) is 16.8 Å². The highest BCUT2D eigenvalue weighted by atomic mass is 32.1. The number of hydrogen-bond donors (Lipinski definition) is 0. The Labute approximate surface area is 152 Å². The van der Waals surface area contributed by atoms with Gasteiger partial charge in [0.1, 0.15) is 11.2 Å². The fourth-order valence-corrected chi connectivity index (χ4v) is 5.18. The molecule has 134 valence electrons. The number of amides is 1. The number of nitrogens with zero attached hydrogens (tertiary/aromatic N) is 3. The van der Waals surface area contributed by atoms with Crippen LogP contribution in [0.5, 0.6) is 5.88 Å². The molecule has 1 atom stereocenters. The van der Waals surface area contributed by atoms with E-state index >= 15 is 0 Å². The summed E-state index contributed by atoms with van der Waals surface area (Å²) in [6.45, 7) is 6.30. The van der Waals surface area contributed by atoms with Gasteiger partial charge in [-0.15, -0.1) is 11.3 Å². The lowest BCUT2D eigenvalue weighted by molar-refractivity contribution is -0.134. The normalized spacial score (nSPS) is 21.4. The Morgan fingerprint density at radius 3 is 2.84 bits per heavy atom. The Morgan fingerprint density at radius 2 is 2.04 bits per heavy atom. The molecule has 25 heavy (non-hydrogen) atoms. The maximum Gasteiger partial charge on any atom is 0.260 e. The molecule has 2 aliphatic rings. The maximum atomic E-state index is 12.4. The molecule has 6 heteroatoms. The molecule has 2 aromatic rings. The average molecular weight is 359 g/mol. The van der Waals surface area contributed by atoms with Gasteiger partial charge < -0.3 is 9.64 Å². The topological polar surface area (TPSA) is 55.3 Å². The van der Waals surface area contributed by atoms with E-state index in [4.69, 9.17) is 4.74 Å². The van der Waals surface area contributed by atoms with E-state index in [1.54, 1.807) is 17.7 Å². The van der Waals surface area contributed by atoms with Crippen molar-refractivity contribution >= 4 is 27.5 Å². The fourth-order valence-electron chi connectivity index (χ4n) is 3.83. The van der Waals surface area contributed by atoms with Crippen LogP contribution in [0.3, 0.4) is 0 Å². The fraction of sp³-hybridized carbons (Fsp3) is 0.632. The summed E-state index contributed by atoms with van der Waals surface area (Å²) in [4.78, 5) is 25.5. The first-order chi connectivity index (χ1) is 12.1. The van der Waals surface area contributed by atoms with Crippen LogP contribution in [0.2, 0.25) is 0 Å². The van der Waals surface area contributed by atoms with Crippen LogP contribution in [-0.4, -0.2) is 40.5 Å². The number of carbonyl (C=O) groups excluding carboxylic acids is 1. The highest BCUT2D eigenvalue weighted by molar-refractivity contribution is 7.18. The van der Waals surface area contributed by atoms with E-state index in [9.17, 15) is 4.79 Å². The highest BCUT2D eigenvalue weighted by Gasteiger charge is 2.25. The SMILES string of the molecule is CC1CCN(C(=O)COc2ncnc3sc4c(c23)CCC(C)C4)CC1. The predicted molar refractivity (Wildman–Crippen MR) is 99.1 cm³/mol. The number of rotatable bonds is 3. The molecule has 5 nitrogen and oxygen atoms in total. The molecule has 1 saturated heterocycles. The minimum absolute atomic E-state index is 0.0661. The van der Waals surface area contributed by atoms with Crippen molar-refractivity contribution in [1.82, 2.24) is 14.9 Å². The number of thiophene rings is 1. The van der Waals surface area contributed by atoms with E-state index in [0.29, 0.717) is 11.8 Å². The Hall–Kier alpha value is -1.69. The number of ether oxygens (including phenoxy) is 1. The molecule has 1 fully saturated rings. The van der Waals surface area contributed by atoms with Gasteiger partial charge >= 0.3 is 0 Å². The zero-order chi connectivity index (χ0) is 17.4. The van der Waals surface area contributed by atoms with Crippen LogP contribution in [-0.2, 0) is 17.6 Å². The summed E-state index contributed by atoms with van der Waals surface area (Å²) in [6, 6.07) is 0. The van der Waals surface area contributed by atoms with Gasteiger partial charge in [0.2, 0.25) is 5.88 Å². The quantitative estimate of drug-likeness (QED) is 0.842. The third kappa shape index (κ3) is 3.36. The van der Waals surface area contributed by atoms with Crippen LogP contribution in [0.4, 0.5) is 0 Å². The number of likely N-dealkylation sites (tertiary alicyclic amines) is 1. The van der Waals surface area contributed by atoms with Gasteiger partial charge in [-0.2, -0.15) is 0 Å². The van der Waals surface area contributed by atoms with Crippen molar-refractivity contribution in [2.45, 2.75) is 46.0 Å². The van der Waals surface area contributed by atoms with Crippen molar-refractivity contribution in [3.63, 3.8) is 0 Å². The summed E-state index contributed by atoms with van der Waals surface area (Å²) in [5.74, 6) is 2.08. The molecular formula is C19H25N3O2S. The van der Waals surface area contributed by atoms with Crippen LogP contribution >= 0.6 is 11.3 Å². The van der Waals surface area contributed by atoms with Crippen molar-refractivity contribution in [1.29, 1.82) is 0 Å². The molecular weight excluding hydrogens is 334 g/mol. The zero-order valence-electron chi connectivity index (χ0n) is 15.0. The van der Waals surface area contributed by atoms with Gasteiger partial charge in [0.15, 0.2) is 6.61 Å². The summed E-state index contributed by atoms with van der Waals surface area (Å²) >= 11 is 1.75. The first-order valence-corrected chi connectivity index (χ1v) is 10.1. The molecule has 0 saturated carbocycles. The van der Waals surface area contributed by atoms with Gasteiger partial charge in [0.05, 0.1) is 5.39 Å². The van der Waals surface area contributed by atoms with Gasteiger partial charge in [-0.25, -0.2) is 9.97 Å². The first kappa shape index (κ1) is 16.8. The number of piperidine rings is 1. The summed E-state index contributed by atoms with van der Waals surface area (Å²) in [7, 11) is 0. The van der Waals surface area contributed by atoms with Crippen LogP contribution in [0, 0.1) is 11.8 Å². The predicted octanol–water partition coefficient (Wildman–Crippen LogP) is 3.45. The molecule has 3 heterocycles. The lowest BCUT2D eigenvalue weighted by Gasteiger charge is -2.30. The van der Waals surface area contributed by atoms with E-state index in [-0.39, 0.29) is 12.5 Å². The van der Waals surface area contributed by atoms with Gasteiger partial charge in [-0.1, -0.05) is 13.8 Å². The van der Waals surface area contributed by atoms with Crippen molar-refractivity contribution in [3.8, 4) is 5.88 Å². The van der Waals surface area contributed by atoms with E-state index in [2.05, 4.69) is 23.8 Å². The summed E-state index contributed by atoms with van der Waals surface area (Å²) in [5.41, 5.74) is 1.34. The second kappa shape index (κ2) is 6.90. The third-order valence-electron chi connectivity index (χ3n) is 5.53. The van der Waals surface area contributed by atoms with E-state index in [1.807, 2.05) is 4.90 Å². The highest BCUT2D eigenvalue weighted by Crippen LogP contribution is 2.40. The van der Waals surface area contributed by atoms with Crippen LogP contribution in [0.1, 0.15) is 43.6 Å². The molecule has 2 aromatic heterocycles. The van der Waals surface area contributed by atoms with Crippen LogP contribution in [0.25, 0.3) is 10.2 Å². The summed E-state index contributed by atoms with van der Waals surface area (Å²) in [6.07, 6.45) is 7.08. The number of fused-ring (bicyclic) bond motifs is 3. The zero-order valence-corrected chi connectivity index (χ0v) is 15.8. The van der Waals surface area contributed by atoms with Gasteiger partial charge in [0, 0.05) is 18.0 Å². The molecule has 1 aliphatic heterocycles. The Morgan fingerprint density at radius 1 is 1.24 bits per heavy atom. The van der Waals surface area contributed by atoms with Crippen molar-refractivity contribution in [2.75, 3.05) is 19.7 Å². The van der Waals surface area contributed by atoms with Gasteiger partial charge in [-0.05, 0) is 49.5 Å². The summed E-state index contributed by atoms with van der Waals surface area (Å²) in [5, 5.41) is 1.04. The first-order valence-electron chi connectivity index (χ1n) is 9.27. The molecule has 4 rings (SSSR count). The molecule has 0 spiro atoms. The second-order valence-corrected chi connectivity index (χ2v) is 8.65. The standard InChI is InChI=1S/C19H25N3O2S/c1-12-5-7-22(8-6-12)16(23)10-24-18-17-14-4-3-13(2)9-15(14)25-19(17)21-11-20-18/h11-13H,3-10H2,1-2H3. The van der Waals surface area contributed by atoms with Crippen molar-refractivity contribution < 1.29 is 9.53 Å². The number of aryl methyl sites for hydroxylation is 1. The summed E-state index contributed by atoms with van der Waals surface area (Å²) < 4.78 is 5.88. The number of aromatic nitrogens is 2. The van der Waals surface area contributed by atoms with Crippen molar-refractivity contribution in [2.24, 2.45) is 11.8 Å². The lowest BCUT2D eigenvalue weighted by atomic mass is 9.89. The van der Waals surface area contributed by atoms with E-state index in [1.165, 1.54) is 16.9 Å². The minimum atomic E-state index is 0.0661. The lowest BCUT2D eigenvalue weighted by Crippen LogP contribution is -2.40. The molecule has 0 aromatic carbocycles. The minimum Gasteiger partial charge on any atom is -0.467 e. The monoisotopic (exact) mass is 359 g/mol. The van der Waals surface area contributed by atoms with Crippen LogP contribution < -0.4 is 4.74 Å². The molecule has 1 unspecified atom stereocenters. The smallest absolute Gasteiger partial charge is 0.260 e. The Balaban J connectivity index is 1.51. The molecule has 1 aliphatic carbocycles. The molecule has 0 radical (unpaired) electrons. The molecule has 0 bridgehead atoms.